The summed E-state index contributed by atoms with van der Waals surface area (Å²) in [6.07, 6.45) is 3.16. The maximum atomic E-state index is 12.7. The highest BCUT2D eigenvalue weighted by Crippen LogP contribution is 2.27. The number of hydrogen-bond donors (Lipinski definition) is 1. The fourth-order valence-corrected chi connectivity index (χ4v) is 3.47. The molecule has 0 spiro atoms. The third-order valence-electron chi connectivity index (χ3n) is 4.59. The summed E-state index contributed by atoms with van der Waals surface area (Å²) >= 11 is 6.08. The molecule has 2 aromatic heterocycles. The number of hydrogen-bond acceptors (Lipinski definition) is 5. The molecular formula is C19H18ClN5O. The van der Waals surface area contributed by atoms with E-state index < -0.39 is 0 Å². The predicted molar refractivity (Wildman–Crippen MR) is 101 cm³/mol. The van der Waals surface area contributed by atoms with Crippen LogP contribution in [0.4, 0.5) is 5.82 Å². The Morgan fingerprint density at radius 3 is 2.88 bits per heavy atom. The third kappa shape index (κ3) is 3.32. The van der Waals surface area contributed by atoms with Crippen molar-refractivity contribution >= 4 is 34.4 Å². The van der Waals surface area contributed by atoms with Crippen molar-refractivity contribution in [2.24, 2.45) is 0 Å². The van der Waals surface area contributed by atoms with Crippen LogP contribution in [0.3, 0.4) is 0 Å². The number of carbonyl (C=O) groups excluding carboxylic acids is 1. The van der Waals surface area contributed by atoms with E-state index in [1.54, 1.807) is 0 Å². The number of aromatic nitrogens is 3. The largest absolute Gasteiger partial charge is 0.350 e. The molecule has 1 amide bonds. The molecule has 0 bridgehead atoms. The molecule has 1 unspecified atom stereocenters. The lowest BCUT2D eigenvalue weighted by molar-refractivity contribution is -0.122. The van der Waals surface area contributed by atoms with Gasteiger partial charge in [-0.3, -0.25) is 4.79 Å². The van der Waals surface area contributed by atoms with E-state index in [4.69, 9.17) is 11.6 Å². The highest BCUT2D eigenvalue weighted by Gasteiger charge is 2.31. The van der Waals surface area contributed by atoms with Crippen molar-refractivity contribution in [3.63, 3.8) is 0 Å². The van der Waals surface area contributed by atoms with E-state index in [2.05, 4.69) is 20.3 Å². The highest BCUT2D eigenvalue weighted by atomic mass is 35.5. The fraction of sp³-hybridized carbons (Fsp3) is 0.263. The number of amides is 1. The van der Waals surface area contributed by atoms with Gasteiger partial charge in [0, 0.05) is 13.1 Å². The minimum atomic E-state index is -0.221. The average Bonchev–Trinajstić information content (AvgIpc) is 3.17. The van der Waals surface area contributed by atoms with Gasteiger partial charge >= 0.3 is 0 Å². The smallest absolute Gasteiger partial charge is 0.243 e. The van der Waals surface area contributed by atoms with Crippen molar-refractivity contribution in [1.29, 1.82) is 0 Å². The normalized spacial score (nSPS) is 16.8. The lowest BCUT2D eigenvalue weighted by atomic mass is 10.2. The van der Waals surface area contributed by atoms with Crippen molar-refractivity contribution in [3.05, 3.63) is 59.5 Å². The Balaban J connectivity index is 1.52. The molecule has 1 aromatic carbocycles. The molecule has 1 aliphatic rings. The second-order valence-corrected chi connectivity index (χ2v) is 6.62. The monoisotopic (exact) mass is 367 g/mol. The first-order valence-corrected chi connectivity index (χ1v) is 8.96. The van der Waals surface area contributed by atoms with Gasteiger partial charge in [0.1, 0.15) is 23.3 Å². The first-order chi connectivity index (χ1) is 12.7. The zero-order valence-electron chi connectivity index (χ0n) is 14.1. The van der Waals surface area contributed by atoms with Crippen LogP contribution in [0, 0.1) is 0 Å². The summed E-state index contributed by atoms with van der Waals surface area (Å²) in [7, 11) is 0. The number of nitrogens with one attached hydrogen (secondary N) is 1. The minimum Gasteiger partial charge on any atom is -0.350 e. The molecule has 0 radical (unpaired) electrons. The number of carbonyl (C=O) groups is 1. The lowest BCUT2D eigenvalue weighted by Gasteiger charge is -2.25. The van der Waals surface area contributed by atoms with Crippen LogP contribution in [-0.2, 0) is 11.3 Å². The van der Waals surface area contributed by atoms with Crippen LogP contribution in [0.2, 0.25) is 5.15 Å². The molecule has 3 heterocycles. The van der Waals surface area contributed by atoms with Crippen molar-refractivity contribution in [2.75, 3.05) is 11.4 Å². The quantitative estimate of drug-likeness (QED) is 0.718. The molecule has 3 aromatic rings. The SMILES string of the molecule is O=C(NCc1ccccc1)C1CCCN1c1ccc2c(Cl)ncnc2n1. The average molecular weight is 368 g/mol. The van der Waals surface area contributed by atoms with Gasteiger partial charge in [-0.1, -0.05) is 41.9 Å². The summed E-state index contributed by atoms with van der Waals surface area (Å²) < 4.78 is 0. The van der Waals surface area contributed by atoms with E-state index in [-0.39, 0.29) is 11.9 Å². The van der Waals surface area contributed by atoms with E-state index in [0.29, 0.717) is 22.7 Å². The van der Waals surface area contributed by atoms with Crippen molar-refractivity contribution in [2.45, 2.75) is 25.4 Å². The van der Waals surface area contributed by atoms with Gasteiger partial charge in [0.15, 0.2) is 5.65 Å². The summed E-state index contributed by atoms with van der Waals surface area (Å²) in [5.41, 5.74) is 1.62. The molecule has 4 rings (SSSR count). The number of nitrogens with zero attached hydrogens (tertiary/aromatic N) is 4. The molecule has 1 fully saturated rings. The Hall–Kier alpha value is -2.73. The molecule has 0 aliphatic carbocycles. The Morgan fingerprint density at radius 2 is 2.04 bits per heavy atom. The first-order valence-electron chi connectivity index (χ1n) is 8.58. The van der Waals surface area contributed by atoms with Crippen molar-refractivity contribution < 1.29 is 4.79 Å². The van der Waals surface area contributed by atoms with Crippen molar-refractivity contribution in [1.82, 2.24) is 20.3 Å². The van der Waals surface area contributed by atoms with Crippen LogP contribution in [-0.4, -0.2) is 33.4 Å². The van der Waals surface area contributed by atoms with E-state index in [1.165, 1.54) is 6.33 Å². The molecule has 1 aliphatic heterocycles. The Bertz CT molecular complexity index is 934. The topological polar surface area (TPSA) is 71.0 Å². The summed E-state index contributed by atoms with van der Waals surface area (Å²) in [4.78, 5) is 27.5. The highest BCUT2D eigenvalue weighted by molar-refractivity contribution is 6.33. The zero-order chi connectivity index (χ0) is 17.9. The number of fused-ring (bicyclic) bond motifs is 1. The maximum absolute atomic E-state index is 12.7. The van der Waals surface area contributed by atoms with E-state index in [9.17, 15) is 4.79 Å². The molecule has 1 saturated heterocycles. The van der Waals surface area contributed by atoms with E-state index in [1.807, 2.05) is 47.4 Å². The van der Waals surface area contributed by atoms with E-state index >= 15 is 0 Å². The molecule has 26 heavy (non-hydrogen) atoms. The van der Waals surface area contributed by atoms with Gasteiger partial charge in [0.2, 0.25) is 5.91 Å². The van der Waals surface area contributed by atoms with E-state index in [0.717, 1.165) is 30.8 Å². The number of anilines is 1. The van der Waals surface area contributed by atoms with Crippen LogP contribution in [0.15, 0.2) is 48.8 Å². The minimum absolute atomic E-state index is 0.0222. The predicted octanol–water partition coefficient (Wildman–Crippen LogP) is 2.96. The molecule has 7 heteroatoms. The summed E-state index contributed by atoms with van der Waals surface area (Å²) in [6.45, 7) is 1.32. The number of benzene rings is 1. The Kier molecular flexibility index (Phi) is 4.67. The van der Waals surface area contributed by atoms with Crippen LogP contribution in [0.5, 0.6) is 0 Å². The van der Waals surface area contributed by atoms with Crippen LogP contribution in [0.1, 0.15) is 18.4 Å². The summed E-state index contributed by atoms with van der Waals surface area (Å²) in [6, 6.07) is 13.4. The Labute approximate surface area is 156 Å². The fourth-order valence-electron chi connectivity index (χ4n) is 3.28. The van der Waals surface area contributed by atoms with Gasteiger partial charge < -0.3 is 10.2 Å². The second kappa shape index (κ2) is 7.25. The standard InChI is InChI=1S/C19H18ClN5O/c20-17-14-8-9-16(24-18(14)23-12-22-17)25-10-4-7-15(25)19(26)21-11-13-5-2-1-3-6-13/h1-3,5-6,8-9,12,15H,4,7,10-11H2,(H,21,26). The molecule has 0 saturated carbocycles. The van der Waals surface area contributed by atoms with Gasteiger partial charge in [-0.15, -0.1) is 0 Å². The van der Waals surface area contributed by atoms with Crippen LogP contribution < -0.4 is 10.2 Å². The number of halogens is 1. The summed E-state index contributed by atoms with van der Waals surface area (Å²) in [5, 5.41) is 4.12. The van der Waals surface area contributed by atoms with Crippen LogP contribution in [0.25, 0.3) is 11.0 Å². The molecule has 1 N–H and O–H groups in total. The first kappa shape index (κ1) is 16.7. The molecular weight excluding hydrogens is 350 g/mol. The van der Waals surface area contributed by atoms with Gasteiger partial charge in [-0.25, -0.2) is 15.0 Å². The Morgan fingerprint density at radius 1 is 1.19 bits per heavy atom. The second-order valence-electron chi connectivity index (χ2n) is 6.26. The van der Waals surface area contributed by atoms with Crippen molar-refractivity contribution in [3.8, 4) is 0 Å². The van der Waals surface area contributed by atoms with Crippen LogP contribution >= 0.6 is 11.6 Å². The zero-order valence-corrected chi connectivity index (χ0v) is 14.9. The van der Waals surface area contributed by atoms with Gasteiger partial charge in [0.05, 0.1) is 5.39 Å². The number of rotatable bonds is 4. The molecule has 1 atom stereocenters. The van der Waals surface area contributed by atoms with Gasteiger partial charge in [-0.05, 0) is 30.5 Å². The van der Waals surface area contributed by atoms with Gasteiger partial charge in [-0.2, -0.15) is 0 Å². The lowest BCUT2D eigenvalue weighted by Crippen LogP contribution is -2.43. The summed E-state index contributed by atoms with van der Waals surface area (Å²) in [5.74, 6) is 0.763. The number of pyridine rings is 1. The van der Waals surface area contributed by atoms with Gasteiger partial charge in [0.25, 0.3) is 0 Å². The molecule has 132 valence electrons. The molecule has 6 nitrogen and oxygen atoms in total. The third-order valence-corrected chi connectivity index (χ3v) is 4.89. The maximum Gasteiger partial charge on any atom is 0.243 e.